The largest absolute Gasteiger partial charge is 0.480 e. The van der Waals surface area contributed by atoms with Crippen LogP contribution in [0.2, 0.25) is 0 Å². The number of hydrogen-bond acceptors (Lipinski definition) is 5. The maximum Gasteiger partial charge on any atom is 0.239 e. The average molecular weight is 325 g/mol. The van der Waals surface area contributed by atoms with Crippen molar-refractivity contribution in [1.82, 2.24) is 9.69 Å². The van der Waals surface area contributed by atoms with Crippen LogP contribution >= 0.6 is 39.2 Å². The quantitative estimate of drug-likeness (QED) is 0.871. The summed E-state index contributed by atoms with van der Waals surface area (Å²) in [6, 6.07) is 0. The monoisotopic (exact) mass is 324 g/mol. The number of thioether (sulfide) groups is 1. The summed E-state index contributed by atoms with van der Waals surface area (Å²) < 4.78 is 10.5. The molecule has 1 aromatic heterocycles. The minimum absolute atomic E-state index is 0.265. The number of nitrogens with zero attached hydrogens (tertiary/aromatic N) is 1. The highest BCUT2D eigenvalue weighted by Crippen LogP contribution is 2.31. The van der Waals surface area contributed by atoms with Crippen molar-refractivity contribution in [1.29, 1.82) is 0 Å². The Morgan fingerprint density at radius 2 is 2.25 bits per heavy atom. The number of hydrogen-bond donors (Lipinski definition) is 1. The van der Waals surface area contributed by atoms with Crippen molar-refractivity contribution < 1.29 is 4.74 Å². The van der Waals surface area contributed by atoms with Crippen molar-refractivity contribution in [2.75, 3.05) is 19.9 Å². The van der Waals surface area contributed by atoms with Crippen LogP contribution in [0.4, 0.5) is 0 Å². The fraction of sp³-hybridized carbons (Fsp3) is 0.700. The molecule has 1 rings (SSSR count). The lowest BCUT2D eigenvalue weighted by Crippen LogP contribution is -2.31. The molecule has 92 valence electrons. The van der Waals surface area contributed by atoms with Gasteiger partial charge in [-0.3, -0.25) is 0 Å². The number of rotatable bonds is 6. The molecular formula is C10H17BrN2OS2. The zero-order valence-electron chi connectivity index (χ0n) is 9.96. The molecule has 0 aliphatic heterocycles. The Morgan fingerprint density at radius 1 is 1.56 bits per heavy atom. The first-order chi connectivity index (χ1) is 7.50. The van der Waals surface area contributed by atoms with Gasteiger partial charge in [-0.25, -0.2) is 0 Å². The molecule has 0 aromatic carbocycles. The highest BCUT2D eigenvalue weighted by atomic mass is 79.9. The third-order valence-electron chi connectivity index (χ3n) is 2.25. The number of aromatic nitrogens is 1. The second kappa shape index (κ2) is 6.23. The van der Waals surface area contributed by atoms with E-state index in [4.69, 9.17) is 4.74 Å². The van der Waals surface area contributed by atoms with E-state index in [0.717, 1.165) is 17.6 Å². The van der Waals surface area contributed by atoms with Crippen molar-refractivity contribution in [3.8, 4) is 5.88 Å². The van der Waals surface area contributed by atoms with Gasteiger partial charge in [-0.2, -0.15) is 16.1 Å². The SMILES string of the molecule is COc1nsc(CNCC(C)(C)SC)c1Br. The summed E-state index contributed by atoms with van der Waals surface area (Å²) in [4.78, 5) is 1.17. The average Bonchev–Trinajstić information content (AvgIpc) is 2.60. The van der Waals surface area contributed by atoms with Crippen LogP contribution in [0, 0.1) is 0 Å². The second-order valence-corrected chi connectivity index (χ2v) is 7.16. The third kappa shape index (κ3) is 3.91. The van der Waals surface area contributed by atoms with E-state index in [9.17, 15) is 0 Å². The second-order valence-electron chi connectivity index (χ2n) is 4.00. The Morgan fingerprint density at radius 3 is 2.75 bits per heavy atom. The fourth-order valence-electron chi connectivity index (χ4n) is 1.08. The minimum atomic E-state index is 0.265. The van der Waals surface area contributed by atoms with Crippen LogP contribution in [0.1, 0.15) is 18.7 Å². The van der Waals surface area contributed by atoms with Gasteiger partial charge in [0.25, 0.3) is 0 Å². The highest BCUT2D eigenvalue weighted by Gasteiger charge is 2.16. The molecule has 1 N–H and O–H groups in total. The molecule has 0 radical (unpaired) electrons. The lowest BCUT2D eigenvalue weighted by molar-refractivity contribution is 0.399. The van der Waals surface area contributed by atoms with Gasteiger partial charge < -0.3 is 10.1 Å². The van der Waals surface area contributed by atoms with Crippen LogP contribution in [0.3, 0.4) is 0 Å². The van der Waals surface area contributed by atoms with Gasteiger partial charge in [-0.15, -0.1) is 0 Å². The van der Waals surface area contributed by atoms with E-state index in [2.05, 4.69) is 45.7 Å². The molecule has 1 heterocycles. The molecule has 0 atom stereocenters. The van der Waals surface area contributed by atoms with Gasteiger partial charge in [0.05, 0.1) is 16.5 Å². The minimum Gasteiger partial charge on any atom is -0.480 e. The Kier molecular flexibility index (Phi) is 5.56. The molecule has 16 heavy (non-hydrogen) atoms. The van der Waals surface area contributed by atoms with Crippen LogP contribution in [0.15, 0.2) is 4.47 Å². The summed E-state index contributed by atoms with van der Waals surface area (Å²) in [6.45, 7) is 6.26. The van der Waals surface area contributed by atoms with Crippen molar-refractivity contribution in [2.45, 2.75) is 25.1 Å². The first kappa shape index (κ1) is 14.3. The number of nitrogens with one attached hydrogen (secondary N) is 1. The highest BCUT2D eigenvalue weighted by molar-refractivity contribution is 9.10. The van der Waals surface area contributed by atoms with Gasteiger partial charge in [-0.1, -0.05) is 0 Å². The standard InChI is InChI=1S/C10H17BrN2OS2/c1-10(2,15-4)6-12-5-7-8(11)9(14-3)13-16-7/h12H,5-6H2,1-4H3. The molecule has 6 heteroatoms. The van der Waals surface area contributed by atoms with Gasteiger partial charge in [0, 0.05) is 17.8 Å². The van der Waals surface area contributed by atoms with E-state index in [1.807, 2.05) is 11.8 Å². The smallest absolute Gasteiger partial charge is 0.239 e. The predicted molar refractivity (Wildman–Crippen MR) is 75.7 cm³/mol. The molecule has 1 aromatic rings. The Hall–Kier alpha value is 0.220. The van der Waals surface area contributed by atoms with Crippen molar-refractivity contribution >= 4 is 39.2 Å². The third-order valence-corrected chi connectivity index (χ3v) is 5.41. The first-order valence-corrected chi connectivity index (χ1v) is 7.73. The van der Waals surface area contributed by atoms with Crippen LogP contribution in [0.25, 0.3) is 0 Å². The first-order valence-electron chi connectivity index (χ1n) is 4.94. The molecule has 0 amide bonds. The predicted octanol–water partition coefficient (Wildman–Crippen LogP) is 3.15. The Bertz CT molecular complexity index is 342. The molecular weight excluding hydrogens is 308 g/mol. The van der Waals surface area contributed by atoms with E-state index in [-0.39, 0.29) is 4.75 Å². The molecule has 0 aliphatic carbocycles. The fourth-order valence-corrected chi connectivity index (χ4v) is 2.75. The topological polar surface area (TPSA) is 34.1 Å². The number of halogens is 1. The summed E-state index contributed by atoms with van der Waals surface area (Å²) in [5, 5.41) is 3.44. The lowest BCUT2D eigenvalue weighted by Gasteiger charge is -2.22. The summed E-state index contributed by atoms with van der Waals surface area (Å²) in [5.74, 6) is 0.672. The van der Waals surface area contributed by atoms with Crippen LogP contribution in [0.5, 0.6) is 5.88 Å². The summed E-state index contributed by atoms with van der Waals surface area (Å²) in [6.07, 6.45) is 2.13. The molecule has 0 unspecified atom stereocenters. The molecule has 0 fully saturated rings. The molecule has 0 aliphatic rings. The zero-order chi connectivity index (χ0) is 12.2. The van der Waals surface area contributed by atoms with Gasteiger partial charge in [-0.05, 0) is 47.6 Å². The molecule has 0 saturated carbocycles. The van der Waals surface area contributed by atoms with E-state index in [1.54, 1.807) is 7.11 Å². The Balaban J connectivity index is 2.46. The van der Waals surface area contributed by atoms with Gasteiger partial charge in [0.2, 0.25) is 5.88 Å². The van der Waals surface area contributed by atoms with Gasteiger partial charge in [0.15, 0.2) is 0 Å². The Labute approximate surface area is 114 Å². The van der Waals surface area contributed by atoms with Crippen LogP contribution in [-0.2, 0) is 6.54 Å². The molecule has 0 saturated heterocycles. The van der Waals surface area contributed by atoms with Crippen molar-refractivity contribution in [2.24, 2.45) is 0 Å². The summed E-state index contributed by atoms with van der Waals surface area (Å²) in [7, 11) is 1.63. The van der Waals surface area contributed by atoms with Crippen LogP contribution < -0.4 is 10.1 Å². The zero-order valence-corrected chi connectivity index (χ0v) is 13.2. The molecule has 0 spiro atoms. The normalized spacial score (nSPS) is 11.8. The van der Waals surface area contributed by atoms with E-state index in [0.29, 0.717) is 5.88 Å². The van der Waals surface area contributed by atoms with Crippen molar-refractivity contribution in [3.05, 3.63) is 9.35 Å². The number of methoxy groups -OCH3 is 1. The van der Waals surface area contributed by atoms with Crippen molar-refractivity contribution in [3.63, 3.8) is 0 Å². The van der Waals surface area contributed by atoms with Crippen LogP contribution in [-0.4, -0.2) is 29.0 Å². The van der Waals surface area contributed by atoms with E-state index >= 15 is 0 Å². The molecule has 3 nitrogen and oxygen atoms in total. The summed E-state index contributed by atoms with van der Waals surface area (Å²) in [5.41, 5.74) is 0. The number of ether oxygens (including phenoxy) is 1. The van der Waals surface area contributed by atoms with Gasteiger partial charge in [0.1, 0.15) is 0 Å². The maximum absolute atomic E-state index is 5.11. The summed E-state index contributed by atoms with van der Waals surface area (Å²) >= 11 is 6.82. The van der Waals surface area contributed by atoms with E-state index < -0.39 is 0 Å². The molecule has 0 bridgehead atoms. The maximum atomic E-state index is 5.11. The van der Waals surface area contributed by atoms with E-state index in [1.165, 1.54) is 16.4 Å². The lowest BCUT2D eigenvalue weighted by atomic mass is 10.2. The van der Waals surface area contributed by atoms with Gasteiger partial charge >= 0.3 is 0 Å².